The van der Waals surface area contributed by atoms with Crippen molar-refractivity contribution in [3.63, 3.8) is 0 Å². The predicted octanol–water partition coefficient (Wildman–Crippen LogP) is 2.66. The van der Waals surface area contributed by atoms with E-state index in [1.807, 2.05) is 20.8 Å². The molecule has 0 unspecified atom stereocenters. The largest absolute Gasteiger partial charge is 0.444 e. The molecule has 0 spiro atoms. The van der Waals surface area contributed by atoms with E-state index in [-0.39, 0.29) is 23.3 Å². The molecule has 0 aliphatic carbocycles. The van der Waals surface area contributed by atoms with Gasteiger partial charge in [-0.2, -0.15) is 0 Å². The van der Waals surface area contributed by atoms with E-state index in [0.29, 0.717) is 13.1 Å². The molecule has 0 saturated carbocycles. The number of carbonyl (C=O) groups is 1. The maximum atomic E-state index is 11.9. The van der Waals surface area contributed by atoms with Crippen molar-refractivity contribution in [1.82, 2.24) is 9.88 Å². The molecule has 140 valence electrons. The fourth-order valence-corrected chi connectivity index (χ4v) is 2.16. The molecule has 1 heterocycles. The lowest BCUT2D eigenvalue weighted by Gasteiger charge is -2.25. The number of anilines is 2. The maximum Gasteiger partial charge on any atom is 0.410 e. The van der Waals surface area contributed by atoms with Gasteiger partial charge in [-0.25, -0.2) is 9.78 Å². The van der Waals surface area contributed by atoms with Gasteiger partial charge in [0.15, 0.2) is 0 Å². The molecule has 2 N–H and O–H groups in total. The molecule has 0 atom stereocenters. The van der Waals surface area contributed by atoms with Crippen molar-refractivity contribution in [2.75, 3.05) is 37.8 Å². The number of nitro groups is 1. The topological polar surface area (TPSA) is 115 Å². The minimum Gasteiger partial charge on any atom is -0.444 e. The molecule has 9 heteroatoms. The van der Waals surface area contributed by atoms with Gasteiger partial charge in [-0.3, -0.25) is 10.1 Å². The first-order chi connectivity index (χ1) is 11.5. The van der Waals surface area contributed by atoms with Crippen LogP contribution in [0.2, 0.25) is 0 Å². The number of nitrogens with zero attached hydrogens (tertiary/aromatic N) is 4. The molecule has 25 heavy (non-hydrogen) atoms. The summed E-state index contributed by atoms with van der Waals surface area (Å²) in [5.74, 6) is 0.241. The van der Waals surface area contributed by atoms with Gasteiger partial charge in [-0.15, -0.1) is 0 Å². The van der Waals surface area contributed by atoms with E-state index in [0.717, 1.165) is 12.8 Å². The van der Waals surface area contributed by atoms with Gasteiger partial charge in [0.25, 0.3) is 0 Å². The van der Waals surface area contributed by atoms with E-state index in [2.05, 4.69) is 4.98 Å². The van der Waals surface area contributed by atoms with Crippen molar-refractivity contribution >= 4 is 23.3 Å². The summed E-state index contributed by atoms with van der Waals surface area (Å²) in [6.45, 7) is 6.55. The van der Waals surface area contributed by atoms with E-state index >= 15 is 0 Å². The third-order valence-electron chi connectivity index (χ3n) is 3.42. The average Bonchev–Trinajstić information content (AvgIpc) is 2.48. The molecule has 0 fully saturated rings. The molecule has 0 aromatic carbocycles. The summed E-state index contributed by atoms with van der Waals surface area (Å²) in [4.78, 5) is 29.8. The Kier molecular flexibility index (Phi) is 6.96. The zero-order valence-electron chi connectivity index (χ0n) is 15.5. The smallest absolute Gasteiger partial charge is 0.410 e. The summed E-state index contributed by atoms with van der Waals surface area (Å²) in [5, 5.41) is 11.2. The summed E-state index contributed by atoms with van der Waals surface area (Å²) in [6.07, 6.45) is 2.55. The number of carbonyl (C=O) groups excluding carboxylic acids is 1. The number of nitrogens with two attached hydrogens (primary N) is 1. The zero-order chi connectivity index (χ0) is 19.2. The minimum absolute atomic E-state index is 0.0894. The number of amides is 1. The predicted molar refractivity (Wildman–Crippen MR) is 96.7 cm³/mol. The van der Waals surface area contributed by atoms with Crippen molar-refractivity contribution in [3.8, 4) is 0 Å². The van der Waals surface area contributed by atoms with Crippen LogP contribution < -0.4 is 10.6 Å². The van der Waals surface area contributed by atoms with E-state index in [9.17, 15) is 14.9 Å². The Morgan fingerprint density at radius 2 is 1.92 bits per heavy atom. The first kappa shape index (κ1) is 20.5. The van der Waals surface area contributed by atoms with Crippen LogP contribution in [0.4, 0.5) is 22.0 Å². The normalized spacial score (nSPS) is 11.1. The van der Waals surface area contributed by atoms with Crippen molar-refractivity contribution < 1.29 is 14.5 Å². The van der Waals surface area contributed by atoms with Gasteiger partial charge in [0, 0.05) is 33.4 Å². The number of aromatic nitrogens is 1. The minimum atomic E-state index is -0.524. The Hall–Kier alpha value is -2.58. The van der Waals surface area contributed by atoms with Crippen LogP contribution in [-0.4, -0.2) is 53.7 Å². The number of nitrogen functional groups attached to an aromatic ring is 1. The first-order valence-electron chi connectivity index (χ1n) is 8.07. The highest BCUT2D eigenvalue weighted by Crippen LogP contribution is 2.30. The molecule has 0 aliphatic rings. The van der Waals surface area contributed by atoms with Crippen molar-refractivity contribution in [3.05, 3.63) is 22.4 Å². The molecule has 9 nitrogen and oxygen atoms in total. The summed E-state index contributed by atoms with van der Waals surface area (Å²) < 4.78 is 5.28. The van der Waals surface area contributed by atoms with E-state index < -0.39 is 10.5 Å². The summed E-state index contributed by atoms with van der Waals surface area (Å²) in [6, 6.07) is 1.41. The Balaban J connectivity index is 2.51. The number of rotatable bonds is 7. The first-order valence-corrected chi connectivity index (χ1v) is 8.07. The molecule has 0 saturated heterocycles. The molecular weight excluding hydrogens is 326 g/mol. The lowest BCUT2D eigenvalue weighted by Crippen LogP contribution is -2.35. The monoisotopic (exact) mass is 353 g/mol. The van der Waals surface area contributed by atoms with Crippen molar-refractivity contribution in [2.45, 2.75) is 39.2 Å². The molecule has 1 aromatic heterocycles. The highest BCUT2D eigenvalue weighted by Gasteiger charge is 2.22. The Morgan fingerprint density at radius 1 is 1.32 bits per heavy atom. The van der Waals surface area contributed by atoms with Gasteiger partial charge in [-0.05, 0) is 39.7 Å². The number of ether oxygens (including phenoxy) is 1. The van der Waals surface area contributed by atoms with Crippen LogP contribution in [0.1, 0.15) is 33.6 Å². The van der Waals surface area contributed by atoms with Gasteiger partial charge in [-0.1, -0.05) is 0 Å². The Morgan fingerprint density at radius 3 is 2.48 bits per heavy atom. The second-order valence-electron chi connectivity index (χ2n) is 6.86. The van der Waals surface area contributed by atoms with Gasteiger partial charge in [0.1, 0.15) is 11.3 Å². The fraction of sp³-hybridized carbons (Fsp3) is 0.625. The Bertz CT molecular complexity index is 615. The number of hydrogen-bond acceptors (Lipinski definition) is 7. The second kappa shape index (κ2) is 8.50. The molecule has 0 radical (unpaired) electrons. The number of hydrogen-bond donors (Lipinski definition) is 1. The summed E-state index contributed by atoms with van der Waals surface area (Å²) >= 11 is 0. The van der Waals surface area contributed by atoms with Gasteiger partial charge in [0.05, 0.1) is 4.92 Å². The molecule has 1 amide bonds. The third-order valence-corrected chi connectivity index (χ3v) is 3.42. The van der Waals surface area contributed by atoms with Crippen LogP contribution in [0.3, 0.4) is 0 Å². The molecule has 0 aliphatic heterocycles. The van der Waals surface area contributed by atoms with Crippen LogP contribution in [-0.2, 0) is 4.74 Å². The van der Waals surface area contributed by atoms with Crippen LogP contribution in [0.15, 0.2) is 12.3 Å². The Labute approximate surface area is 147 Å². The lowest BCUT2D eigenvalue weighted by molar-refractivity contribution is -0.383. The third kappa shape index (κ3) is 6.44. The average molecular weight is 353 g/mol. The van der Waals surface area contributed by atoms with Crippen LogP contribution >= 0.6 is 0 Å². The standard InChI is InChI=1S/C16H27N5O4/c1-16(2,3)25-15(22)20(5)11-7-6-10-19(4)14-13(21(23)24)12(17)8-9-18-14/h8-9H,6-7,10-11H2,1-5H3,(H2,17,18). The highest BCUT2D eigenvalue weighted by atomic mass is 16.6. The number of pyridine rings is 1. The maximum absolute atomic E-state index is 11.9. The van der Waals surface area contributed by atoms with Crippen molar-refractivity contribution in [2.24, 2.45) is 0 Å². The van der Waals surface area contributed by atoms with E-state index in [4.69, 9.17) is 10.5 Å². The highest BCUT2D eigenvalue weighted by molar-refractivity contribution is 5.71. The van der Waals surface area contributed by atoms with Gasteiger partial charge < -0.3 is 20.3 Å². The van der Waals surface area contributed by atoms with Crippen molar-refractivity contribution in [1.29, 1.82) is 0 Å². The molecule has 0 bridgehead atoms. The number of unbranched alkanes of at least 4 members (excludes halogenated alkanes) is 1. The van der Waals surface area contributed by atoms with Crippen LogP contribution in [0.25, 0.3) is 0 Å². The van der Waals surface area contributed by atoms with E-state index in [1.165, 1.54) is 17.2 Å². The molecule has 1 rings (SSSR count). The molecule has 1 aromatic rings. The SMILES string of the molecule is CN(CCCCN(C)c1nccc(N)c1[N+](=O)[O-])C(=O)OC(C)(C)C. The second-order valence-corrected chi connectivity index (χ2v) is 6.86. The quantitative estimate of drug-likeness (QED) is 0.455. The fourth-order valence-electron chi connectivity index (χ4n) is 2.16. The van der Waals surface area contributed by atoms with Crippen LogP contribution in [0, 0.1) is 10.1 Å². The van der Waals surface area contributed by atoms with Crippen LogP contribution in [0.5, 0.6) is 0 Å². The zero-order valence-corrected chi connectivity index (χ0v) is 15.5. The van der Waals surface area contributed by atoms with Gasteiger partial charge in [0.2, 0.25) is 5.82 Å². The summed E-state index contributed by atoms with van der Waals surface area (Å²) in [5.41, 5.74) is 5.05. The molecular formula is C16H27N5O4. The van der Waals surface area contributed by atoms with Gasteiger partial charge >= 0.3 is 11.8 Å². The van der Waals surface area contributed by atoms with E-state index in [1.54, 1.807) is 19.0 Å². The summed E-state index contributed by atoms with van der Waals surface area (Å²) in [7, 11) is 3.41. The lowest BCUT2D eigenvalue weighted by atomic mass is 10.2.